The zero-order chi connectivity index (χ0) is 35.2. The molecule has 14 heteroatoms. The molecule has 0 aliphatic carbocycles. The third-order valence-corrected chi connectivity index (χ3v) is 8.54. The zero-order valence-corrected chi connectivity index (χ0v) is 27.7. The SMILES string of the molecule is CCOc1cc(-c2cnc(-c3ccc(C[C@H](NC(=O)c4ccc(C(C)(C)C)s4)C(=O)N[C@H](C)C(=O)O)cc3)nc2)ccc1OC(F)(F)F. The van der Waals surface area contributed by atoms with E-state index in [1.54, 1.807) is 37.3 Å². The van der Waals surface area contributed by atoms with Crippen LogP contribution in [0.25, 0.3) is 22.5 Å². The van der Waals surface area contributed by atoms with E-state index in [-0.39, 0.29) is 24.2 Å². The molecule has 2 atom stereocenters. The van der Waals surface area contributed by atoms with Crippen LogP contribution in [0, 0.1) is 0 Å². The Bertz CT molecular complexity index is 1750. The highest BCUT2D eigenvalue weighted by Gasteiger charge is 2.32. The first kappa shape index (κ1) is 35.9. The molecule has 2 amide bonds. The van der Waals surface area contributed by atoms with Gasteiger partial charge in [0.25, 0.3) is 5.91 Å². The number of halogens is 3. The lowest BCUT2D eigenvalue weighted by atomic mass is 9.95. The highest BCUT2D eigenvalue weighted by molar-refractivity contribution is 7.14. The van der Waals surface area contributed by atoms with Crippen LogP contribution in [0.5, 0.6) is 11.5 Å². The van der Waals surface area contributed by atoms with Crippen molar-refractivity contribution in [3.05, 3.63) is 82.3 Å². The van der Waals surface area contributed by atoms with Crippen molar-refractivity contribution in [3.8, 4) is 34.0 Å². The number of carbonyl (C=O) groups is 3. The van der Waals surface area contributed by atoms with Gasteiger partial charge in [-0.25, -0.2) is 9.97 Å². The first-order valence-electron chi connectivity index (χ1n) is 14.9. The summed E-state index contributed by atoms with van der Waals surface area (Å²) in [5.74, 6) is -2.45. The number of amides is 2. The highest BCUT2D eigenvalue weighted by atomic mass is 32.1. The molecular formula is C34H35F3N4O6S. The maximum absolute atomic E-state index is 13.1. The summed E-state index contributed by atoms with van der Waals surface area (Å²) in [7, 11) is 0. The molecule has 0 saturated carbocycles. The number of carboxylic acids is 1. The van der Waals surface area contributed by atoms with Gasteiger partial charge in [0.2, 0.25) is 5.91 Å². The predicted molar refractivity (Wildman–Crippen MR) is 174 cm³/mol. The van der Waals surface area contributed by atoms with E-state index in [1.165, 1.54) is 48.9 Å². The van der Waals surface area contributed by atoms with Gasteiger partial charge < -0.3 is 25.2 Å². The number of rotatable bonds is 12. The summed E-state index contributed by atoms with van der Waals surface area (Å²) >= 11 is 1.33. The minimum Gasteiger partial charge on any atom is -0.490 e. The van der Waals surface area contributed by atoms with Crippen molar-refractivity contribution in [1.29, 1.82) is 0 Å². The molecule has 0 spiro atoms. The molecule has 48 heavy (non-hydrogen) atoms. The van der Waals surface area contributed by atoms with Crippen molar-refractivity contribution < 1.29 is 42.1 Å². The molecule has 0 saturated heterocycles. The summed E-state index contributed by atoms with van der Waals surface area (Å²) < 4.78 is 47.7. The van der Waals surface area contributed by atoms with Crippen LogP contribution in [0.2, 0.25) is 0 Å². The number of nitrogens with one attached hydrogen (secondary N) is 2. The minimum atomic E-state index is -4.87. The van der Waals surface area contributed by atoms with Crippen molar-refractivity contribution >= 4 is 29.1 Å². The topological polar surface area (TPSA) is 140 Å². The van der Waals surface area contributed by atoms with E-state index >= 15 is 0 Å². The van der Waals surface area contributed by atoms with Gasteiger partial charge in [-0.2, -0.15) is 0 Å². The molecule has 4 aromatic rings. The lowest BCUT2D eigenvalue weighted by molar-refractivity contribution is -0.275. The Balaban J connectivity index is 1.50. The normalized spacial score (nSPS) is 12.9. The molecule has 2 aromatic heterocycles. The Morgan fingerprint density at radius 1 is 0.896 bits per heavy atom. The highest BCUT2D eigenvalue weighted by Crippen LogP contribution is 2.36. The summed E-state index contributed by atoms with van der Waals surface area (Å²) in [6.45, 7) is 9.21. The average Bonchev–Trinajstić information content (AvgIpc) is 3.53. The Morgan fingerprint density at radius 2 is 1.54 bits per heavy atom. The fourth-order valence-corrected chi connectivity index (χ4v) is 5.46. The Morgan fingerprint density at radius 3 is 2.10 bits per heavy atom. The van der Waals surface area contributed by atoms with Gasteiger partial charge in [-0.3, -0.25) is 14.4 Å². The van der Waals surface area contributed by atoms with Crippen LogP contribution in [0.3, 0.4) is 0 Å². The molecule has 4 rings (SSSR count). The molecule has 0 aliphatic rings. The van der Waals surface area contributed by atoms with Gasteiger partial charge in [-0.1, -0.05) is 51.1 Å². The second kappa shape index (κ2) is 14.8. The number of alkyl halides is 3. The smallest absolute Gasteiger partial charge is 0.490 e. The van der Waals surface area contributed by atoms with Gasteiger partial charge in [0, 0.05) is 34.8 Å². The molecule has 0 unspecified atom stereocenters. The summed E-state index contributed by atoms with van der Waals surface area (Å²) in [5.41, 5.74) is 2.24. The minimum absolute atomic E-state index is 0.0716. The van der Waals surface area contributed by atoms with Gasteiger partial charge in [-0.05, 0) is 54.7 Å². The van der Waals surface area contributed by atoms with E-state index in [2.05, 4.69) is 25.3 Å². The first-order chi connectivity index (χ1) is 22.5. The maximum Gasteiger partial charge on any atom is 0.573 e. The van der Waals surface area contributed by atoms with E-state index in [9.17, 15) is 32.7 Å². The van der Waals surface area contributed by atoms with E-state index in [0.717, 1.165) is 4.88 Å². The van der Waals surface area contributed by atoms with Crippen LogP contribution in [0.15, 0.2) is 67.0 Å². The number of ether oxygens (including phenoxy) is 2. The Labute approximate surface area is 279 Å². The van der Waals surface area contributed by atoms with Crippen LogP contribution in [-0.2, 0) is 21.4 Å². The van der Waals surface area contributed by atoms with Crippen LogP contribution < -0.4 is 20.1 Å². The van der Waals surface area contributed by atoms with Crippen molar-refractivity contribution in [3.63, 3.8) is 0 Å². The van der Waals surface area contributed by atoms with Crippen LogP contribution >= 0.6 is 11.3 Å². The fourth-order valence-electron chi connectivity index (χ4n) is 4.49. The molecule has 2 heterocycles. The molecule has 0 radical (unpaired) electrons. The maximum atomic E-state index is 13.1. The fraction of sp³-hybridized carbons (Fsp3) is 0.324. The number of benzene rings is 2. The zero-order valence-electron chi connectivity index (χ0n) is 26.8. The molecule has 10 nitrogen and oxygen atoms in total. The lowest BCUT2D eigenvalue weighted by Crippen LogP contribution is -2.51. The van der Waals surface area contributed by atoms with Gasteiger partial charge in [0.05, 0.1) is 11.5 Å². The number of thiophene rings is 1. The number of hydrogen-bond donors (Lipinski definition) is 3. The Hall–Kier alpha value is -4.98. The number of hydrogen-bond acceptors (Lipinski definition) is 8. The number of carbonyl (C=O) groups excluding carboxylic acids is 2. The first-order valence-corrected chi connectivity index (χ1v) is 15.7. The van der Waals surface area contributed by atoms with E-state index in [0.29, 0.717) is 33.0 Å². The quantitative estimate of drug-likeness (QED) is 0.156. The van der Waals surface area contributed by atoms with Crippen molar-refractivity contribution in [2.24, 2.45) is 0 Å². The van der Waals surface area contributed by atoms with Crippen molar-refractivity contribution in [2.45, 2.75) is 64.9 Å². The van der Waals surface area contributed by atoms with E-state index in [4.69, 9.17) is 4.74 Å². The van der Waals surface area contributed by atoms with Gasteiger partial charge >= 0.3 is 12.3 Å². The number of carboxylic acid groups (broad SMARTS) is 1. The van der Waals surface area contributed by atoms with Gasteiger partial charge in [-0.15, -0.1) is 24.5 Å². The van der Waals surface area contributed by atoms with E-state index in [1.807, 2.05) is 26.8 Å². The number of nitrogens with zero attached hydrogens (tertiary/aromatic N) is 2. The largest absolute Gasteiger partial charge is 0.573 e. The lowest BCUT2D eigenvalue weighted by Gasteiger charge is -2.20. The molecule has 3 N–H and O–H groups in total. The summed E-state index contributed by atoms with van der Waals surface area (Å²) in [4.78, 5) is 47.8. The second-order valence-corrected chi connectivity index (χ2v) is 12.9. The van der Waals surface area contributed by atoms with Gasteiger partial charge in [0.15, 0.2) is 17.3 Å². The van der Waals surface area contributed by atoms with E-state index < -0.39 is 42.0 Å². The molecule has 0 fully saturated rings. The second-order valence-electron chi connectivity index (χ2n) is 11.8. The van der Waals surface area contributed by atoms with Crippen molar-refractivity contribution in [2.75, 3.05) is 6.61 Å². The summed E-state index contributed by atoms with van der Waals surface area (Å²) in [6, 6.07) is 12.4. The van der Waals surface area contributed by atoms with Gasteiger partial charge in [0.1, 0.15) is 12.1 Å². The molecular weight excluding hydrogens is 649 g/mol. The van der Waals surface area contributed by atoms with Crippen LogP contribution in [-0.4, -0.2) is 57.9 Å². The molecule has 254 valence electrons. The number of aliphatic carboxylic acids is 1. The van der Waals surface area contributed by atoms with Crippen molar-refractivity contribution in [1.82, 2.24) is 20.6 Å². The molecule has 2 aromatic carbocycles. The summed E-state index contributed by atoms with van der Waals surface area (Å²) in [6.07, 6.45) is -1.73. The number of aromatic nitrogens is 2. The van der Waals surface area contributed by atoms with Crippen LogP contribution in [0.4, 0.5) is 13.2 Å². The van der Waals surface area contributed by atoms with Crippen LogP contribution in [0.1, 0.15) is 54.7 Å². The summed E-state index contributed by atoms with van der Waals surface area (Å²) in [5, 5.41) is 14.5. The third kappa shape index (κ3) is 9.53. The average molecular weight is 685 g/mol. The molecule has 0 aliphatic heterocycles. The molecule has 0 bridgehead atoms. The Kier molecular flexibility index (Phi) is 11.1. The monoisotopic (exact) mass is 684 g/mol. The standard InChI is InChI=1S/C34H35F3N4O6S/c1-6-46-26-16-22(11-12-25(26)47-34(35,36)37)23-17-38-29(39-18-23)21-9-7-20(8-10-21)15-24(30(42)40-19(2)32(44)45)41-31(43)27-13-14-28(48-27)33(3,4)5/h7-14,16-19,24H,6,15H2,1-5H3,(H,40,42)(H,41,43)(H,44,45)/t19-,24+/m1/s1. The third-order valence-electron chi connectivity index (χ3n) is 7.03. The predicted octanol–water partition coefficient (Wildman–Crippen LogP) is 6.40.